The van der Waals surface area contributed by atoms with Crippen LogP contribution in [0.4, 0.5) is 5.69 Å². The number of hydrogen-bond donors (Lipinski definition) is 1. The summed E-state index contributed by atoms with van der Waals surface area (Å²) < 4.78 is 5.42. The van der Waals surface area contributed by atoms with Crippen LogP contribution in [0.3, 0.4) is 0 Å². The van der Waals surface area contributed by atoms with E-state index < -0.39 is 17.7 Å². The fraction of sp³-hybridized carbons (Fsp3) is 0.222. The number of furan rings is 1. The standard InChI is InChI=1S/C18H17NO4/c1-3-13(20)15-16(14-5-4-10-23-14)19(18(22)17(15)21)12-8-6-11(2)7-9-12/h4-10,16,21H,3H2,1-2H3. The zero-order chi connectivity index (χ0) is 16.6. The molecule has 5 heteroatoms. The van der Waals surface area contributed by atoms with E-state index in [1.807, 2.05) is 19.1 Å². The lowest BCUT2D eigenvalue weighted by Crippen LogP contribution is -2.30. The molecular formula is C18H17NO4. The van der Waals surface area contributed by atoms with Gasteiger partial charge in [0.1, 0.15) is 11.8 Å². The van der Waals surface area contributed by atoms with Gasteiger partial charge in [-0.3, -0.25) is 14.5 Å². The second-order valence-corrected chi connectivity index (χ2v) is 5.47. The molecule has 1 atom stereocenters. The highest BCUT2D eigenvalue weighted by Gasteiger charge is 2.45. The summed E-state index contributed by atoms with van der Waals surface area (Å²) >= 11 is 0. The van der Waals surface area contributed by atoms with Gasteiger partial charge in [0.2, 0.25) is 0 Å². The molecule has 0 fully saturated rings. The molecule has 1 N–H and O–H groups in total. The minimum Gasteiger partial charge on any atom is -0.503 e. The van der Waals surface area contributed by atoms with Gasteiger partial charge in [0.15, 0.2) is 11.5 Å². The van der Waals surface area contributed by atoms with Gasteiger partial charge in [0.05, 0.1) is 11.8 Å². The Labute approximate surface area is 133 Å². The Morgan fingerprint density at radius 1 is 1.26 bits per heavy atom. The normalized spacial score (nSPS) is 17.9. The first-order chi connectivity index (χ1) is 11.0. The molecule has 0 radical (unpaired) electrons. The lowest BCUT2D eigenvalue weighted by atomic mass is 9.99. The van der Waals surface area contributed by atoms with Crippen LogP contribution in [0.2, 0.25) is 0 Å². The van der Waals surface area contributed by atoms with E-state index >= 15 is 0 Å². The van der Waals surface area contributed by atoms with Crippen LogP contribution in [0.1, 0.15) is 30.7 Å². The Hall–Kier alpha value is -2.82. The van der Waals surface area contributed by atoms with Crippen molar-refractivity contribution in [2.24, 2.45) is 0 Å². The van der Waals surface area contributed by atoms with E-state index in [0.717, 1.165) is 5.56 Å². The summed E-state index contributed by atoms with van der Waals surface area (Å²) in [4.78, 5) is 26.2. The number of hydrogen-bond acceptors (Lipinski definition) is 4. The Morgan fingerprint density at radius 3 is 2.52 bits per heavy atom. The van der Waals surface area contributed by atoms with Gasteiger partial charge in [-0.25, -0.2) is 0 Å². The fourth-order valence-corrected chi connectivity index (χ4v) is 2.77. The van der Waals surface area contributed by atoms with E-state index in [9.17, 15) is 14.7 Å². The van der Waals surface area contributed by atoms with Crippen LogP contribution in [-0.4, -0.2) is 16.8 Å². The smallest absolute Gasteiger partial charge is 0.294 e. The van der Waals surface area contributed by atoms with Gasteiger partial charge in [0.25, 0.3) is 5.91 Å². The maximum atomic E-state index is 12.6. The first-order valence-corrected chi connectivity index (χ1v) is 7.44. The third kappa shape index (κ3) is 2.44. The van der Waals surface area contributed by atoms with Gasteiger partial charge in [-0.1, -0.05) is 24.6 Å². The van der Waals surface area contributed by atoms with Crippen molar-refractivity contribution in [3.8, 4) is 0 Å². The summed E-state index contributed by atoms with van der Waals surface area (Å²) in [6.45, 7) is 3.64. The first kappa shape index (κ1) is 15.1. The summed E-state index contributed by atoms with van der Waals surface area (Å²) in [7, 11) is 0. The number of anilines is 1. The maximum absolute atomic E-state index is 12.6. The highest BCUT2D eigenvalue weighted by molar-refractivity contribution is 6.16. The summed E-state index contributed by atoms with van der Waals surface area (Å²) in [5.74, 6) is -0.919. The number of carbonyl (C=O) groups excluding carboxylic acids is 2. The molecule has 0 spiro atoms. The van der Waals surface area contributed by atoms with Gasteiger partial charge in [-0.15, -0.1) is 0 Å². The fourth-order valence-electron chi connectivity index (χ4n) is 2.77. The summed E-state index contributed by atoms with van der Waals surface area (Å²) in [6.07, 6.45) is 1.68. The van der Waals surface area contributed by atoms with Crippen LogP contribution < -0.4 is 4.90 Å². The summed E-state index contributed by atoms with van der Waals surface area (Å²) in [5, 5.41) is 10.2. The molecule has 23 heavy (non-hydrogen) atoms. The number of amides is 1. The SMILES string of the molecule is CCC(=O)C1=C(O)C(=O)N(c2ccc(C)cc2)C1c1ccco1. The molecule has 0 aliphatic carbocycles. The average Bonchev–Trinajstić information content (AvgIpc) is 3.16. The summed E-state index contributed by atoms with van der Waals surface area (Å²) in [5.41, 5.74) is 1.75. The number of ketones is 1. The third-order valence-electron chi connectivity index (χ3n) is 3.95. The van der Waals surface area contributed by atoms with Gasteiger partial charge in [-0.2, -0.15) is 0 Å². The molecule has 1 aliphatic rings. The van der Waals surface area contributed by atoms with E-state index in [0.29, 0.717) is 11.4 Å². The first-order valence-electron chi connectivity index (χ1n) is 7.44. The Kier molecular flexibility index (Phi) is 3.78. The van der Waals surface area contributed by atoms with Crippen molar-refractivity contribution >= 4 is 17.4 Å². The molecule has 0 bridgehead atoms. The van der Waals surface area contributed by atoms with E-state index in [2.05, 4.69) is 0 Å². The molecule has 2 aromatic rings. The van der Waals surface area contributed by atoms with Crippen LogP contribution >= 0.6 is 0 Å². The highest BCUT2D eigenvalue weighted by Crippen LogP contribution is 2.41. The Balaban J connectivity index is 2.14. The topological polar surface area (TPSA) is 70.8 Å². The molecule has 1 aromatic heterocycles. The second kappa shape index (κ2) is 5.76. The minimum absolute atomic E-state index is 0.0908. The predicted molar refractivity (Wildman–Crippen MR) is 85.1 cm³/mol. The number of nitrogens with zero attached hydrogens (tertiary/aromatic N) is 1. The number of carbonyl (C=O) groups is 2. The number of Topliss-reactive ketones (excluding diaryl/α,β-unsaturated/α-hetero) is 1. The van der Waals surface area contributed by atoms with E-state index in [1.54, 1.807) is 31.2 Å². The Morgan fingerprint density at radius 2 is 1.96 bits per heavy atom. The van der Waals surface area contributed by atoms with Gasteiger partial charge in [0, 0.05) is 12.1 Å². The van der Waals surface area contributed by atoms with Gasteiger partial charge < -0.3 is 9.52 Å². The van der Waals surface area contributed by atoms with Crippen molar-refractivity contribution in [1.29, 1.82) is 0 Å². The molecule has 1 aliphatic heterocycles. The van der Waals surface area contributed by atoms with Crippen LogP contribution in [-0.2, 0) is 9.59 Å². The number of rotatable bonds is 4. The number of benzene rings is 1. The molecule has 1 amide bonds. The van der Waals surface area contributed by atoms with Gasteiger partial charge in [-0.05, 0) is 31.2 Å². The van der Waals surface area contributed by atoms with Crippen molar-refractivity contribution in [3.05, 3.63) is 65.3 Å². The van der Waals surface area contributed by atoms with Crippen LogP contribution in [0.5, 0.6) is 0 Å². The van der Waals surface area contributed by atoms with Gasteiger partial charge >= 0.3 is 0 Å². The van der Waals surface area contributed by atoms with Crippen molar-refractivity contribution < 1.29 is 19.1 Å². The predicted octanol–water partition coefficient (Wildman–Crippen LogP) is 3.47. The molecule has 0 saturated carbocycles. The highest BCUT2D eigenvalue weighted by atomic mass is 16.3. The number of aliphatic hydroxyl groups excluding tert-OH is 1. The largest absolute Gasteiger partial charge is 0.503 e. The van der Waals surface area contributed by atoms with Crippen LogP contribution in [0, 0.1) is 6.92 Å². The van der Waals surface area contributed by atoms with Crippen molar-refractivity contribution in [2.75, 3.05) is 4.90 Å². The molecule has 2 heterocycles. The molecular weight excluding hydrogens is 294 g/mol. The second-order valence-electron chi connectivity index (χ2n) is 5.47. The number of aryl methyl sites for hydroxylation is 1. The van der Waals surface area contributed by atoms with E-state index in [-0.39, 0.29) is 17.8 Å². The average molecular weight is 311 g/mol. The van der Waals surface area contributed by atoms with E-state index in [4.69, 9.17) is 4.42 Å². The molecule has 1 aromatic carbocycles. The number of aliphatic hydroxyl groups is 1. The molecule has 118 valence electrons. The zero-order valence-electron chi connectivity index (χ0n) is 12.9. The Bertz CT molecular complexity index is 772. The van der Waals surface area contributed by atoms with Crippen molar-refractivity contribution in [3.63, 3.8) is 0 Å². The van der Waals surface area contributed by atoms with Crippen LogP contribution in [0.25, 0.3) is 0 Å². The maximum Gasteiger partial charge on any atom is 0.294 e. The van der Waals surface area contributed by atoms with Crippen molar-refractivity contribution in [2.45, 2.75) is 26.3 Å². The van der Waals surface area contributed by atoms with Crippen LogP contribution in [0.15, 0.2) is 58.4 Å². The monoisotopic (exact) mass is 311 g/mol. The zero-order valence-corrected chi connectivity index (χ0v) is 12.9. The lowest BCUT2D eigenvalue weighted by molar-refractivity contribution is -0.118. The van der Waals surface area contributed by atoms with E-state index in [1.165, 1.54) is 11.2 Å². The molecule has 5 nitrogen and oxygen atoms in total. The molecule has 0 saturated heterocycles. The lowest BCUT2D eigenvalue weighted by Gasteiger charge is -2.25. The quantitative estimate of drug-likeness (QED) is 0.938. The third-order valence-corrected chi connectivity index (χ3v) is 3.95. The molecule has 3 rings (SSSR count). The van der Waals surface area contributed by atoms with Crippen molar-refractivity contribution in [1.82, 2.24) is 0 Å². The molecule has 1 unspecified atom stereocenters. The summed E-state index contributed by atoms with van der Waals surface area (Å²) in [6, 6.07) is 9.97. The minimum atomic E-state index is -0.743.